The van der Waals surface area contributed by atoms with E-state index in [2.05, 4.69) is 9.97 Å². The second-order valence-corrected chi connectivity index (χ2v) is 6.73. The van der Waals surface area contributed by atoms with Crippen LogP contribution < -0.4 is 11.2 Å². The molecular formula is C20H14ClFN4O2. The Bertz CT molecular complexity index is 1300. The minimum Gasteiger partial charge on any atom is -0.280 e. The third-order valence-electron chi connectivity index (χ3n) is 4.44. The van der Waals surface area contributed by atoms with Crippen LogP contribution in [0.3, 0.4) is 0 Å². The zero-order chi connectivity index (χ0) is 19.8. The lowest BCUT2D eigenvalue weighted by Gasteiger charge is -2.11. The Morgan fingerprint density at radius 3 is 2.39 bits per heavy atom. The van der Waals surface area contributed by atoms with Crippen molar-refractivity contribution in [2.45, 2.75) is 6.54 Å². The first kappa shape index (κ1) is 18.1. The third kappa shape index (κ3) is 3.20. The van der Waals surface area contributed by atoms with Crippen molar-refractivity contribution in [1.82, 2.24) is 19.1 Å². The number of rotatable bonds is 3. The van der Waals surface area contributed by atoms with E-state index >= 15 is 0 Å². The van der Waals surface area contributed by atoms with Gasteiger partial charge in [-0.05, 0) is 42.0 Å². The number of fused-ring (bicyclic) bond motifs is 1. The van der Waals surface area contributed by atoms with Crippen molar-refractivity contribution in [3.63, 3.8) is 0 Å². The number of hydrogen-bond acceptors (Lipinski definition) is 4. The predicted octanol–water partition coefficient (Wildman–Crippen LogP) is 3.00. The minimum atomic E-state index is -0.511. The maximum absolute atomic E-state index is 13.1. The maximum atomic E-state index is 13.1. The van der Waals surface area contributed by atoms with Crippen molar-refractivity contribution in [3.05, 3.63) is 92.0 Å². The molecule has 0 radical (unpaired) electrons. The number of benzene rings is 2. The molecule has 0 aliphatic heterocycles. The maximum Gasteiger partial charge on any atom is 0.332 e. The number of aromatic nitrogens is 4. The smallest absolute Gasteiger partial charge is 0.280 e. The molecule has 6 nitrogen and oxygen atoms in total. The second-order valence-electron chi connectivity index (χ2n) is 6.30. The van der Waals surface area contributed by atoms with Gasteiger partial charge in [0.25, 0.3) is 5.56 Å². The summed E-state index contributed by atoms with van der Waals surface area (Å²) in [6, 6.07) is 12.6. The summed E-state index contributed by atoms with van der Waals surface area (Å²) in [6.07, 6.45) is 1.41. The highest BCUT2D eigenvalue weighted by Gasteiger charge is 2.14. The van der Waals surface area contributed by atoms with Gasteiger partial charge < -0.3 is 0 Å². The van der Waals surface area contributed by atoms with E-state index in [1.807, 2.05) is 0 Å². The molecule has 0 unspecified atom stereocenters. The van der Waals surface area contributed by atoms with Crippen LogP contribution in [0.2, 0.25) is 5.02 Å². The SMILES string of the molecule is Cn1c(=O)n(Cc2ccc(F)cc2)c(=O)c2cnc(-c3ccc(Cl)cc3)nc21. The van der Waals surface area contributed by atoms with Gasteiger partial charge >= 0.3 is 5.69 Å². The normalized spacial score (nSPS) is 11.1. The van der Waals surface area contributed by atoms with Crippen LogP contribution in [0.25, 0.3) is 22.4 Å². The van der Waals surface area contributed by atoms with Gasteiger partial charge in [0.05, 0.1) is 6.54 Å². The highest BCUT2D eigenvalue weighted by atomic mass is 35.5. The van der Waals surface area contributed by atoms with Crippen LogP contribution in [-0.4, -0.2) is 19.1 Å². The average Bonchev–Trinajstić information content (AvgIpc) is 2.71. The van der Waals surface area contributed by atoms with Crippen LogP contribution >= 0.6 is 11.6 Å². The fourth-order valence-corrected chi connectivity index (χ4v) is 3.06. The molecule has 2 heterocycles. The summed E-state index contributed by atoms with van der Waals surface area (Å²) >= 11 is 5.90. The Morgan fingerprint density at radius 2 is 1.71 bits per heavy atom. The summed E-state index contributed by atoms with van der Waals surface area (Å²) in [6.45, 7) is 0.0284. The van der Waals surface area contributed by atoms with Crippen LogP contribution in [0.15, 0.2) is 64.3 Å². The number of nitrogens with zero attached hydrogens (tertiary/aromatic N) is 4. The van der Waals surface area contributed by atoms with Crippen molar-refractivity contribution in [2.75, 3.05) is 0 Å². The van der Waals surface area contributed by atoms with E-state index < -0.39 is 11.2 Å². The number of halogens is 2. The molecule has 0 fully saturated rings. The van der Waals surface area contributed by atoms with Crippen LogP contribution in [0.5, 0.6) is 0 Å². The van der Waals surface area contributed by atoms with E-state index in [4.69, 9.17) is 11.6 Å². The fourth-order valence-electron chi connectivity index (χ4n) is 2.93. The molecule has 28 heavy (non-hydrogen) atoms. The molecule has 8 heteroatoms. The van der Waals surface area contributed by atoms with Crippen LogP contribution in [-0.2, 0) is 13.6 Å². The summed E-state index contributed by atoms with van der Waals surface area (Å²) in [5, 5.41) is 0.808. The summed E-state index contributed by atoms with van der Waals surface area (Å²) in [4.78, 5) is 34.3. The van der Waals surface area contributed by atoms with Gasteiger partial charge in [-0.1, -0.05) is 23.7 Å². The van der Waals surface area contributed by atoms with Crippen molar-refractivity contribution in [1.29, 1.82) is 0 Å². The van der Waals surface area contributed by atoms with Gasteiger partial charge in [0.1, 0.15) is 11.2 Å². The van der Waals surface area contributed by atoms with Crippen molar-refractivity contribution < 1.29 is 4.39 Å². The molecule has 0 bridgehead atoms. The van der Waals surface area contributed by atoms with Crippen LogP contribution in [0.1, 0.15) is 5.56 Å². The van der Waals surface area contributed by atoms with E-state index in [0.29, 0.717) is 22.0 Å². The summed E-state index contributed by atoms with van der Waals surface area (Å²) < 4.78 is 15.5. The Kier molecular flexibility index (Phi) is 4.52. The van der Waals surface area contributed by atoms with Gasteiger partial charge in [-0.2, -0.15) is 0 Å². The Hall–Kier alpha value is -3.32. The van der Waals surface area contributed by atoms with Crippen molar-refractivity contribution in [2.24, 2.45) is 7.05 Å². The van der Waals surface area contributed by atoms with Crippen LogP contribution in [0, 0.1) is 5.82 Å². The Labute approximate surface area is 163 Å². The van der Waals surface area contributed by atoms with E-state index in [9.17, 15) is 14.0 Å². The predicted molar refractivity (Wildman–Crippen MR) is 105 cm³/mol. The minimum absolute atomic E-state index is 0.0284. The first-order chi connectivity index (χ1) is 13.4. The van der Waals surface area contributed by atoms with Gasteiger partial charge in [0, 0.05) is 23.8 Å². The largest absolute Gasteiger partial charge is 0.332 e. The number of hydrogen-bond donors (Lipinski definition) is 0. The zero-order valence-corrected chi connectivity index (χ0v) is 15.5. The molecule has 140 valence electrons. The molecule has 0 spiro atoms. The van der Waals surface area contributed by atoms with Gasteiger partial charge in [0.15, 0.2) is 11.5 Å². The fraction of sp³-hybridized carbons (Fsp3) is 0.100. The van der Waals surface area contributed by atoms with Crippen LogP contribution in [0.4, 0.5) is 4.39 Å². The lowest BCUT2D eigenvalue weighted by atomic mass is 10.2. The van der Waals surface area contributed by atoms with E-state index in [-0.39, 0.29) is 23.4 Å². The second kappa shape index (κ2) is 7.01. The van der Waals surface area contributed by atoms with Crippen molar-refractivity contribution in [3.8, 4) is 11.4 Å². The van der Waals surface area contributed by atoms with Gasteiger partial charge in [-0.25, -0.2) is 19.2 Å². The summed E-state index contributed by atoms with van der Waals surface area (Å²) in [5.74, 6) is 0.000455. The highest BCUT2D eigenvalue weighted by molar-refractivity contribution is 6.30. The first-order valence-electron chi connectivity index (χ1n) is 8.41. The molecule has 2 aromatic heterocycles. The van der Waals surface area contributed by atoms with E-state index in [1.165, 1.54) is 35.0 Å². The lowest BCUT2D eigenvalue weighted by molar-refractivity contribution is 0.623. The summed E-state index contributed by atoms with van der Waals surface area (Å²) in [5.41, 5.74) is 0.589. The quantitative estimate of drug-likeness (QED) is 0.534. The molecule has 4 rings (SSSR count). The number of aryl methyl sites for hydroxylation is 1. The van der Waals surface area contributed by atoms with Crippen molar-refractivity contribution >= 4 is 22.6 Å². The lowest BCUT2D eigenvalue weighted by Crippen LogP contribution is -2.39. The molecule has 0 saturated heterocycles. The topological polar surface area (TPSA) is 69.8 Å². The first-order valence-corrected chi connectivity index (χ1v) is 8.79. The van der Waals surface area contributed by atoms with Gasteiger partial charge in [-0.15, -0.1) is 0 Å². The van der Waals surface area contributed by atoms with Gasteiger partial charge in [0.2, 0.25) is 0 Å². The van der Waals surface area contributed by atoms with E-state index in [0.717, 1.165) is 4.57 Å². The van der Waals surface area contributed by atoms with E-state index in [1.54, 1.807) is 31.3 Å². The molecule has 0 aliphatic rings. The molecule has 4 aromatic rings. The molecular weight excluding hydrogens is 383 g/mol. The Balaban J connectivity index is 1.85. The average molecular weight is 397 g/mol. The molecule has 0 saturated carbocycles. The molecule has 0 N–H and O–H groups in total. The standard InChI is InChI=1S/C20H14ClFN4O2/c1-25-18-16(10-23-17(24-18)13-4-6-14(21)7-5-13)19(27)26(20(25)28)11-12-2-8-15(22)9-3-12/h2-10H,11H2,1H3. The molecule has 0 aliphatic carbocycles. The summed E-state index contributed by atoms with van der Waals surface area (Å²) in [7, 11) is 1.55. The highest BCUT2D eigenvalue weighted by Crippen LogP contribution is 2.19. The zero-order valence-electron chi connectivity index (χ0n) is 14.8. The monoisotopic (exact) mass is 396 g/mol. The molecule has 0 amide bonds. The third-order valence-corrected chi connectivity index (χ3v) is 4.69. The molecule has 0 atom stereocenters. The molecule has 2 aromatic carbocycles. The Morgan fingerprint density at radius 1 is 1.04 bits per heavy atom. The van der Waals surface area contributed by atoms with Gasteiger partial charge in [-0.3, -0.25) is 13.9 Å².